The van der Waals surface area contributed by atoms with Crippen LogP contribution >= 0.6 is 0 Å². The number of amides is 2. The van der Waals surface area contributed by atoms with Gasteiger partial charge < -0.3 is 20.1 Å². The summed E-state index contributed by atoms with van der Waals surface area (Å²) in [5.41, 5.74) is 0.333. The number of anilines is 1. The van der Waals surface area contributed by atoms with Gasteiger partial charge >= 0.3 is 12.1 Å². The summed E-state index contributed by atoms with van der Waals surface area (Å²) in [6.07, 6.45) is -0.338. The molecule has 0 fully saturated rings. The third-order valence-electron chi connectivity index (χ3n) is 3.17. The van der Waals surface area contributed by atoms with E-state index < -0.39 is 24.3 Å². The van der Waals surface area contributed by atoms with Gasteiger partial charge in [0.15, 0.2) is 12.4 Å². The molecular formula is C19H26N2O6. The van der Waals surface area contributed by atoms with Gasteiger partial charge in [0, 0.05) is 24.2 Å². The third kappa shape index (κ3) is 9.39. The molecule has 0 radical (unpaired) electrons. The van der Waals surface area contributed by atoms with Crippen molar-refractivity contribution in [1.82, 2.24) is 5.32 Å². The summed E-state index contributed by atoms with van der Waals surface area (Å²) in [6.45, 7) is 6.59. The van der Waals surface area contributed by atoms with Gasteiger partial charge in [-0.15, -0.1) is 0 Å². The van der Waals surface area contributed by atoms with Gasteiger partial charge in [-0.2, -0.15) is 0 Å². The maximum atomic E-state index is 12.0. The highest BCUT2D eigenvalue weighted by molar-refractivity contribution is 5.98. The first kappa shape index (κ1) is 22.1. The predicted octanol–water partition coefficient (Wildman–Crippen LogP) is 2.68. The minimum Gasteiger partial charge on any atom is -0.457 e. The van der Waals surface area contributed by atoms with Crippen molar-refractivity contribution >= 4 is 29.4 Å². The number of rotatable bonds is 8. The second-order valence-electron chi connectivity index (χ2n) is 6.74. The molecule has 0 spiro atoms. The average molecular weight is 378 g/mol. The number of Topliss-reactive ketones (excluding diaryl/α,β-unsaturated/α-hetero) is 1. The van der Waals surface area contributed by atoms with Gasteiger partial charge in [0.1, 0.15) is 5.60 Å². The van der Waals surface area contributed by atoms with Gasteiger partial charge in [0.2, 0.25) is 5.91 Å². The van der Waals surface area contributed by atoms with Crippen LogP contribution in [0.4, 0.5) is 10.5 Å². The van der Waals surface area contributed by atoms with Gasteiger partial charge in [0.05, 0.1) is 6.42 Å². The molecule has 2 N–H and O–H groups in total. The lowest BCUT2D eigenvalue weighted by atomic mass is 10.1. The molecule has 0 aliphatic carbocycles. The fourth-order valence-electron chi connectivity index (χ4n) is 1.87. The second-order valence-corrected chi connectivity index (χ2v) is 6.74. The Bertz CT molecular complexity index is 676. The Balaban J connectivity index is 2.34. The second kappa shape index (κ2) is 10.3. The van der Waals surface area contributed by atoms with E-state index >= 15 is 0 Å². The molecular weight excluding hydrogens is 352 g/mol. The van der Waals surface area contributed by atoms with Crippen LogP contribution in [0.15, 0.2) is 24.3 Å². The minimum absolute atomic E-state index is 0.0494. The van der Waals surface area contributed by atoms with Crippen LogP contribution in [0.1, 0.15) is 50.9 Å². The maximum absolute atomic E-state index is 12.0. The van der Waals surface area contributed by atoms with Crippen LogP contribution in [0, 0.1) is 0 Å². The first-order valence-electron chi connectivity index (χ1n) is 8.66. The highest BCUT2D eigenvalue weighted by atomic mass is 16.6. The lowest BCUT2D eigenvalue weighted by molar-refractivity contribution is -0.142. The van der Waals surface area contributed by atoms with Crippen LogP contribution < -0.4 is 10.6 Å². The Hall–Kier alpha value is -2.90. The number of carbonyl (C=O) groups excluding carboxylic acids is 4. The van der Waals surface area contributed by atoms with Crippen molar-refractivity contribution in [2.24, 2.45) is 0 Å². The van der Waals surface area contributed by atoms with Crippen LogP contribution in [0.25, 0.3) is 0 Å². The summed E-state index contributed by atoms with van der Waals surface area (Å²) in [5.74, 6) is -1.09. The van der Waals surface area contributed by atoms with E-state index in [9.17, 15) is 19.2 Å². The maximum Gasteiger partial charge on any atom is 0.407 e. The van der Waals surface area contributed by atoms with Gasteiger partial charge in [0.25, 0.3) is 0 Å². The zero-order valence-corrected chi connectivity index (χ0v) is 16.1. The van der Waals surface area contributed by atoms with Gasteiger partial charge in [-0.3, -0.25) is 14.4 Å². The first-order valence-corrected chi connectivity index (χ1v) is 8.66. The summed E-state index contributed by atoms with van der Waals surface area (Å²) >= 11 is 0. The van der Waals surface area contributed by atoms with Crippen molar-refractivity contribution in [2.75, 3.05) is 18.5 Å². The van der Waals surface area contributed by atoms with Gasteiger partial charge in [-0.05, 0) is 45.0 Å². The Morgan fingerprint density at radius 1 is 1.04 bits per heavy atom. The standard InChI is InChI=1S/C19H26N2O6/c1-5-16(23)21-14-8-6-13(7-9-14)15(22)12-26-17(24)10-11-20-18(25)27-19(2,3)4/h6-9H,5,10-12H2,1-4H3,(H,20,25)(H,21,23). The number of ketones is 1. The van der Waals surface area contributed by atoms with E-state index in [1.165, 1.54) is 0 Å². The highest BCUT2D eigenvalue weighted by Gasteiger charge is 2.16. The minimum atomic E-state index is -0.623. The largest absolute Gasteiger partial charge is 0.457 e. The molecule has 2 amide bonds. The molecule has 0 aliphatic heterocycles. The summed E-state index contributed by atoms with van der Waals surface area (Å²) < 4.78 is 9.94. The van der Waals surface area contributed by atoms with E-state index in [4.69, 9.17) is 9.47 Å². The third-order valence-corrected chi connectivity index (χ3v) is 3.17. The molecule has 0 unspecified atom stereocenters. The molecule has 148 valence electrons. The number of alkyl carbamates (subject to hydrolysis) is 1. The molecule has 0 bridgehead atoms. The fourth-order valence-corrected chi connectivity index (χ4v) is 1.87. The number of hydrogen-bond acceptors (Lipinski definition) is 6. The quantitative estimate of drug-likeness (QED) is 0.531. The smallest absolute Gasteiger partial charge is 0.407 e. The first-order chi connectivity index (χ1) is 12.6. The number of carbonyl (C=O) groups is 4. The van der Waals surface area contributed by atoms with E-state index in [1.54, 1.807) is 52.0 Å². The molecule has 1 rings (SSSR count). The monoisotopic (exact) mass is 378 g/mol. The van der Waals surface area contributed by atoms with Crippen LogP contribution in [0.3, 0.4) is 0 Å². The van der Waals surface area contributed by atoms with Crippen molar-refractivity contribution in [1.29, 1.82) is 0 Å². The molecule has 8 heteroatoms. The van der Waals surface area contributed by atoms with Gasteiger partial charge in [-0.25, -0.2) is 4.79 Å². The Morgan fingerprint density at radius 3 is 2.22 bits per heavy atom. The number of hydrogen-bond donors (Lipinski definition) is 2. The van der Waals surface area contributed by atoms with E-state index in [-0.39, 0.29) is 24.7 Å². The lowest BCUT2D eigenvalue weighted by Gasteiger charge is -2.19. The van der Waals surface area contributed by atoms with Crippen LogP contribution in [-0.2, 0) is 19.1 Å². The van der Waals surface area contributed by atoms with E-state index in [2.05, 4.69) is 10.6 Å². The van der Waals surface area contributed by atoms with E-state index in [0.717, 1.165) is 0 Å². The predicted molar refractivity (Wildman–Crippen MR) is 99.5 cm³/mol. The molecule has 0 atom stereocenters. The normalized spacial score (nSPS) is 10.7. The van der Waals surface area contributed by atoms with Crippen molar-refractivity contribution in [3.05, 3.63) is 29.8 Å². The number of nitrogens with one attached hydrogen (secondary N) is 2. The molecule has 0 aromatic heterocycles. The van der Waals surface area contributed by atoms with Crippen molar-refractivity contribution in [2.45, 2.75) is 46.1 Å². The number of benzene rings is 1. The number of ether oxygens (including phenoxy) is 2. The highest BCUT2D eigenvalue weighted by Crippen LogP contribution is 2.11. The summed E-state index contributed by atoms with van der Waals surface area (Å²) in [6, 6.07) is 6.30. The summed E-state index contributed by atoms with van der Waals surface area (Å²) in [5, 5.41) is 5.11. The molecule has 8 nitrogen and oxygen atoms in total. The zero-order valence-electron chi connectivity index (χ0n) is 16.1. The summed E-state index contributed by atoms with van der Waals surface area (Å²) in [7, 11) is 0. The summed E-state index contributed by atoms with van der Waals surface area (Å²) in [4.78, 5) is 46.4. The Labute approximate surface area is 158 Å². The van der Waals surface area contributed by atoms with Crippen molar-refractivity contribution < 1.29 is 28.7 Å². The molecule has 0 heterocycles. The van der Waals surface area contributed by atoms with Crippen molar-refractivity contribution in [3.63, 3.8) is 0 Å². The Kier molecular flexibility index (Phi) is 8.44. The van der Waals surface area contributed by atoms with Crippen molar-refractivity contribution in [3.8, 4) is 0 Å². The van der Waals surface area contributed by atoms with Crippen LogP contribution in [0.5, 0.6) is 0 Å². The van der Waals surface area contributed by atoms with Crippen LogP contribution in [0.2, 0.25) is 0 Å². The molecule has 0 aliphatic rings. The van der Waals surface area contributed by atoms with E-state index in [1.807, 2.05) is 0 Å². The molecule has 0 saturated heterocycles. The Morgan fingerprint density at radius 2 is 1.67 bits per heavy atom. The molecule has 0 saturated carbocycles. The SMILES string of the molecule is CCC(=O)Nc1ccc(C(=O)COC(=O)CCNC(=O)OC(C)(C)C)cc1. The molecule has 27 heavy (non-hydrogen) atoms. The number of esters is 1. The fraction of sp³-hybridized carbons (Fsp3) is 0.474. The average Bonchev–Trinajstić information content (AvgIpc) is 2.58. The lowest BCUT2D eigenvalue weighted by Crippen LogP contribution is -2.33. The topological polar surface area (TPSA) is 111 Å². The van der Waals surface area contributed by atoms with E-state index in [0.29, 0.717) is 17.7 Å². The molecule has 1 aromatic rings. The molecule has 1 aromatic carbocycles. The van der Waals surface area contributed by atoms with Crippen LogP contribution in [-0.4, -0.2) is 42.5 Å². The van der Waals surface area contributed by atoms with Gasteiger partial charge in [-0.1, -0.05) is 6.92 Å². The zero-order chi connectivity index (χ0) is 20.4.